The minimum Gasteiger partial charge on any atom is -0.492 e. The smallest absolute Gasteiger partial charge is 0.128 e. The van der Waals surface area contributed by atoms with E-state index >= 15 is 0 Å². The van der Waals surface area contributed by atoms with Gasteiger partial charge in [-0.05, 0) is 18.2 Å². The van der Waals surface area contributed by atoms with Crippen LogP contribution in [-0.4, -0.2) is 17.5 Å². The summed E-state index contributed by atoms with van der Waals surface area (Å²) in [5.41, 5.74) is 0.902. The summed E-state index contributed by atoms with van der Waals surface area (Å²) in [6, 6.07) is 5.60. The van der Waals surface area contributed by atoms with E-state index in [-0.39, 0.29) is 0 Å². The van der Waals surface area contributed by atoms with Gasteiger partial charge in [-0.1, -0.05) is 11.6 Å². The zero-order valence-electron chi connectivity index (χ0n) is 7.39. The van der Waals surface area contributed by atoms with E-state index in [0.717, 1.165) is 16.7 Å². The molecule has 1 aromatic heterocycles. The van der Waals surface area contributed by atoms with E-state index in [4.69, 9.17) is 27.9 Å². The lowest BCUT2D eigenvalue weighted by molar-refractivity contribution is 0.347. The van der Waals surface area contributed by atoms with Crippen molar-refractivity contribution in [2.75, 3.05) is 12.5 Å². The number of ether oxygens (including phenoxy) is 1. The van der Waals surface area contributed by atoms with E-state index in [1.165, 1.54) is 0 Å². The lowest BCUT2D eigenvalue weighted by atomic mass is 10.2. The van der Waals surface area contributed by atoms with Crippen LogP contribution < -0.4 is 4.74 Å². The van der Waals surface area contributed by atoms with Crippen molar-refractivity contribution in [2.45, 2.75) is 0 Å². The summed E-state index contributed by atoms with van der Waals surface area (Å²) in [6.45, 7) is 0.503. The van der Waals surface area contributed by atoms with Gasteiger partial charge in [0, 0.05) is 11.6 Å². The van der Waals surface area contributed by atoms with Crippen molar-refractivity contribution in [1.29, 1.82) is 0 Å². The zero-order chi connectivity index (χ0) is 9.97. The molecule has 0 spiro atoms. The largest absolute Gasteiger partial charge is 0.492 e. The quantitative estimate of drug-likeness (QED) is 0.802. The monoisotopic (exact) mass is 229 g/mol. The molecule has 2 rings (SSSR count). The maximum absolute atomic E-state index is 5.99. The molecule has 0 amide bonds. The van der Waals surface area contributed by atoms with E-state index in [9.17, 15) is 0 Å². The molecule has 0 aliphatic rings. The molecule has 14 heavy (non-hydrogen) atoms. The number of benzene rings is 1. The standard InChI is InChI=1S/C10H9Cl2NO/c11-4-6-14-9-2-1-8(12)10-7(9)3-5-13-10/h1-3,5,13H,4,6H2. The molecule has 0 unspecified atom stereocenters. The van der Waals surface area contributed by atoms with E-state index in [0.29, 0.717) is 17.5 Å². The summed E-state index contributed by atoms with van der Waals surface area (Å²) >= 11 is 11.5. The topological polar surface area (TPSA) is 25.0 Å². The van der Waals surface area contributed by atoms with Crippen molar-refractivity contribution in [2.24, 2.45) is 0 Å². The predicted octanol–water partition coefficient (Wildman–Crippen LogP) is 3.44. The third-order valence-corrected chi connectivity index (χ3v) is 2.44. The van der Waals surface area contributed by atoms with Crippen LogP contribution in [0.25, 0.3) is 10.9 Å². The first-order chi connectivity index (χ1) is 6.83. The molecule has 0 radical (unpaired) electrons. The van der Waals surface area contributed by atoms with Crippen molar-refractivity contribution in [3.63, 3.8) is 0 Å². The first-order valence-corrected chi connectivity index (χ1v) is 5.18. The predicted molar refractivity (Wildman–Crippen MR) is 59.5 cm³/mol. The number of alkyl halides is 1. The lowest BCUT2D eigenvalue weighted by Crippen LogP contribution is -1.98. The highest BCUT2D eigenvalue weighted by Crippen LogP contribution is 2.30. The molecule has 0 aliphatic heterocycles. The molecular weight excluding hydrogens is 221 g/mol. The van der Waals surface area contributed by atoms with Crippen LogP contribution in [0.4, 0.5) is 0 Å². The number of hydrogen-bond donors (Lipinski definition) is 1. The fourth-order valence-electron chi connectivity index (χ4n) is 1.37. The minimum absolute atomic E-state index is 0.481. The molecule has 1 aromatic carbocycles. The normalized spacial score (nSPS) is 10.7. The van der Waals surface area contributed by atoms with Crippen LogP contribution in [0.15, 0.2) is 24.4 Å². The first kappa shape index (κ1) is 9.69. The molecule has 2 aromatic rings. The second kappa shape index (κ2) is 4.11. The van der Waals surface area contributed by atoms with Crippen LogP contribution in [-0.2, 0) is 0 Å². The van der Waals surface area contributed by atoms with Crippen LogP contribution in [0.5, 0.6) is 5.75 Å². The number of hydrogen-bond acceptors (Lipinski definition) is 1. The van der Waals surface area contributed by atoms with Crippen molar-refractivity contribution in [1.82, 2.24) is 4.98 Å². The number of fused-ring (bicyclic) bond motifs is 1. The summed E-state index contributed by atoms with van der Waals surface area (Å²) in [5.74, 6) is 1.29. The Morgan fingerprint density at radius 3 is 2.93 bits per heavy atom. The highest BCUT2D eigenvalue weighted by molar-refractivity contribution is 6.35. The summed E-state index contributed by atoms with van der Waals surface area (Å²) in [4.78, 5) is 3.06. The lowest BCUT2D eigenvalue weighted by Gasteiger charge is -2.05. The second-order valence-corrected chi connectivity index (χ2v) is 3.63. The molecule has 0 fully saturated rings. The van der Waals surface area contributed by atoms with Crippen LogP contribution in [0.2, 0.25) is 5.02 Å². The average molecular weight is 230 g/mol. The maximum Gasteiger partial charge on any atom is 0.128 e. The molecular formula is C10H9Cl2NO. The second-order valence-electron chi connectivity index (χ2n) is 2.85. The highest BCUT2D eigenvalue weighted by Gasteiger charge is 2.05. The molecule has 2 nitrogen and oxygen atoms in total. The van der Waals surface area contributed by atoms with E-state index in [1.54, 1.807) is 0 Å². The van der Waals surface area contributed by atoms with Gasteiger partial charge in [0.15, 0.2) is 0 Å². The number of aromatic nitrogens is 1. The van der Waals surface area contributed by atoms with Gasteiger partial charge in [-0.25, -0.2) is 0 Å². The summed E-state index contributed by atoms with van der Waals surface area (Å²) in [7, 11) is 0. The SMILES string of the molecule is ClCCOc1ccc(Cl)c2[nH]ccc12. The minimum atomic E-state index is 0.481. The molecule has 1 N–H and O–H groups in total. The van der Waals surface area contributed by atoms with Crippen LogP contribution >= 0.6 is 23.2 Å². The molecule has 74 valence electrons. The Balaban J connectivity index is 2.45. The van der Waals surface area contributed by atoms with E-state index in [1.807, 2.05) is 24.4 Å². The van der Waals surface area contributed by atoms with Gasteiger partial charge in [-0.2, -0.15) is 0 Å². The average Bonchev–Trinajstić information content (AvgIpc) is 2.66. The molecule has 0 saturated carbocycles. The van der Waals surface area contributed by atoms with Crippen LogP contribution in [0, 0.1) is 0 Å². The molecule has 0 atom stereocenters. The van der Waals surface area contributed by atoms with Crippen LogP contribution in [0.1, 0.15) is 0 Å². The number of aromatic amines is 1. The van der Waals surface area contributed by atoms with Gasteiger partial charge in [-0.3, -0.25) is 0 Å². The van der Waals surface area contributed by atoms with Gasteiger partial charge >= 0.3 is 0 Å². The Bertz CT molecular complexity index is 439. The Kier molecular flexibility index (Phi) is 2.85. The van der Waals surface area contributed by atoms with Gasteiger partial charge in [0.05, 0.1) is 16.4 Å². The molecule has 0 bridgehead atoms. The highest BCUT2D eigenvalue weighted by atomic mass is 35.5. The number of rotatable bonds is 3. The third-order valence-electron chi connectivity index (χ3n) is 1.97. The van der Waals surface area contributed by atoms with Crippen molar-refractivity contribution >= 4 is 34.1 Å². The van der Waals surface area contributed by atoms with Gasteiger partial charge in [0.1, 0.15) is 12.4 Å². The zero-order valence-corrected chi connectivity index (χ0v) is 8.90. The Morgan fingerprint density at radius 2 is 2.14 bits per heavy atom. The van der Waals surface area contributed by atoms with E-state index < -0.39 is 0 Å². The summed E-state index contributed by atoms with van der Waals surface area (Å²) in [5, 5.41) is 1.69. The van der Waals surface area contributed by atoms with Gasteiger partial charge in [0.2, 0.25) is 0 Å². The first-order valence-electron chi connectivity index (χ1n) is 4.27. The van der Waals surface area contributed by atoms with Crippen LogP contribution in [0.3, 0.4) is 0 Å². The number of nitrogens with one attached hydrogen (secondary N) is 1. The number of H-pyrrole nitrogens is 1. The van der Waals surface area contributed by atoms with Gasteiger partial charge < -0.3 is 9.72 Å². The Labute approximate surface area is 91.8 Å². The van der Waals surface area contributed by atoms with Crippen molar-refractivity contribution in [3.8, 4) is 5.75 Å². The Hall–Kier alpha value is -0.860. The fraction of sp³-hybridized carbons (Fsp3) is 0.200. The fourth-order valence-corrected chi connectivity index (χ4v) is 1.67. The van der Waals surface area contributed by atoms with E-state index in [2.05, 4.69) is 4.98 Å². The summed E-state index contributed by atoms with van der Waals surface area (Å²) in [6.07, 6.45) is 1.84. The van der Waals surface area contributed by atoms with Crippen molar-refractivity contribution in [3.05, 3.63) is 29.4 Å². The maximum atomic E-state index is 5.99. The Morgan fingerprint density at radius 1 is 1.29 bits per heavy atom. The molecule has 4 heteroatoms. The molecule has 1 heterocycles. The third kappa shape index (κ3) is 1.68. The van der Waals surface area contributed by atoms with Gasteiger partial charge in [-0.15, -0.1) is 11.6 Å². The summed E-state index contributed by atoms with van der Waals surface area (Å²) < 4.78 is 5.47. The van der Waals surface area contributed by atoms with Gasteiger partial charge in [0.25, 0.3) is 0 Å². The molecule has 0 aliphatic carbocycles. The molecule has 0 saturated heterocycles. The van der Waals surface area contributed by atoms with Crippen molar-refractivity contribution < 1.29 is 4.74 Å². The number of halogens is 2.